The average molecular weight is 231 g/mol. The highest BCUT2D eigenvalue weighted by molar-refractivity contribution is 5.75. The predicted molar refractivity (Wildman–Crippen MR) is 64.2 cm³/mol. The van der Waals surface area contributed by atoms with Crippen molar-refractivity contribution in [1.82, 2.24) is 5.32 Å². The molecule has 1 amide bonds. The number of hydrogen-bond donors (Lipinski definition) is 2. The van der Waals surface area contributed by atoms with Crippen molar-refractivity contribution < 1.29 is 14.6 Å². The van der Waals surface area contributed by atoms with Gasteiger partial charge in [-0.2, -0.15) is 0 Å². The summed E-state index contributed by atoms with van der Waals surface area (Å²) in [6.07, 6.45) is 2.99. The first-order chi connectivity index (χ1) is 7.66. The lowest BCUT2D eigenvalue weighted by atomic mass is 10.1. The van der Waals surface area contributed by atoms with Gasteiger partial charge in [0.25, 0.3) is 0 Å². The molecule has 4 nitrogen and oxygen atoms in total. The summed E-state index contributed by atoms with van der Waals surface area (Å²) in [7, 11) is 0. The van der Waals surface area contributed by atoms with Gasteiger partial charge in [0.2, 0.25) is 5.91 Å². The highest BCUT2D eigenvalue weighted by atomic mass is 16.5. The summed E-state index contributed by atoms with van der Waals surface area (Å²) in [5, 5.41) is 11.3. The van der Waals surface area contributed by atoms with Crippen molar-refractivity contribution in [3.05, 3.63) is 0 Å². The molecule has 0 aliphatic rings. The minimum Gasteiger partial charge on any atom is -0.396 e. The first-order valence-electron chi connectivity index (χ1n) is 6.12. The van der Waals surface area contributed by atoms with Crippen LogP contribution in [0, 0.1) is 5.92 Å². The van der Waals surface area contributed by atoms with Gasteiger partial charge in [-0.1, -0.05) is 13.8 Å². The van der Waals surface area contributed by atoms with E-state index in [2.05, 4.69) is 19.2 Å². The van der Waals surface area contributed by atoms with Gasteiger partial charge < -0.3 is 15.2 Å². The highest BCUT2D eigenvalue weighted by Gasteiger charge is 1.99. The summed E-state index contributed by atoms with van der Waals surface area (Å²) in [5.41, 5.74) is 0. The van der Waals surface area contributed by atoms with Crippen LogP contribution in [0.4, 0.5) is 0 Å². The van der Waals surface area contributed by atoms with Crippen LogP contribution in [-0.4, -0.2) is 37.4 Å². The third kappa shape index (κ3) is 11.5. The van der Waals surface area contributed by atoms with E-state index >= 15 is 0 Å². The van der Waals surface area contributed by atoms with Crippen LogP contribution in [0.1, 0.15) is 39.5 Å². The second kappa shape index (κ2) is 10.9. The highest BCUT2D eigenvalue weighted by Crippen LogP contribution is 1.98. The van der Waals surface area contributed by atoms with Crippen LogP contribution in [0.2, 0.25) is 0 Å². The summed E-state index contributed by atoms with van der Waals surface area (Å²) in [5.74, 6) is 0.703. The molecule has 0 aliphatic heterocycles. The molecule has 16 heavy (non-hydrogen) atoms. The van der Waals surface area contributed by atoms with Crippen molar-refractivity contribution in [2.24, 2.45) is 5.92 Å². The van der Waals surface area contributed by atoms with Crippen molar-refractivity contribution in [3.63, 3.8) is 0 Å². The molecule has 0 atom stereocenters. The molecule has 96 valence electrons. The summed E-state index contributed by atoms with van der Waals surface area (Å²) < 4.78 is 5.37. The largest absolute Gasteiger partial charge is 0.396 e. The molecule has 0 aromatic heterocycles. The van der Waals surface area contributed by atoms with Crippen molar-refractivity contribution in [2.45, 2.75) is 39.5 Å². The first kappa shape index (κ1) is 15.4. The Hall–Kier alpha value is -0.610. The molecule has 0 saturated heterocycles. The normalized spacial score (nSPS) is 10.8. The molecule has 0 unspecified atom stereocenters. The van der Waals surface area contributed by atoms with E-state index in [1.165, 1.54) is 0 Å². The van der Waals surface area contributed by atoms with Gasteiger partial charge in [-0.25, -0.2) is 0 Å². The quantitative estimate of drug-likeness (QED) is 0.558. The maximum atomic E-state index is 11.2. The van der Waals surface area contributed by atoms with Crippen LogP contribution in [0.25, 0.3) is 0 Å². The van der Waals surface area contributed by atoms with E-state index in [0.717, 1.165) is 19.4 Å². The fourth-order valence-corrected chi connectivity index (χ4v) is 1.17. The third-order valence-electron chi connectivity index (χ3n) is 2.22. The molecule has 0 saturated carbocycles. The lowest BCUT2D eigenvalue weighted by Crippen LogP contribution is -2.27. The molecule has 0 rings (SSSR count). The minimum atomic E-state index is 0.0425. The Morgan fingerprint density at radius 3 is 2.69 bits per heavy atom. The summed E-state index contributed by atoms with van der Waals surface area (Å²) >= 11 is 0. The van der Waals surface area contributed by atoms with Gasteiger partial charge in [0.05, 0.1) is 6.61 Å². The third-order valence-corrected chi connectivity index (χ3v) is 2.22. The standard InChI is InChI=1S/C12H25NO3/c1-11(2)6-9-16-10-7-13-12(15)5-3-4-8-14/h11,14H,3-10H2,1-2H3,(H,13,15). The topological polar surface area (TPSA) is 58.6 Å². The molecule has 0 aromatic carbocycles. The summed E-state index contributed by atoms with van der Waals surface area (Å²) in [6.45, 7) is 6.40. The molecular formula is C12H25NO3. The van der Waals surface area contributed by atoms with Gasteiger partial charge in [0.15, 0.2) is 0 Å². The minimum absolute atomic E-state index is 0.0425. The molecule has 0 aromatic rings. The van der Waals surface area contributed by atoms with E-state index in [1.807, 2.05) is 0 Å². The Morgan fingerprint density at radius 1 is 1.31 bits per heavy atom. The number of rotatable bonds is 10. The Balaban J connectivity index is 3.15. The molecule has 0 fully saturated rings. The number of carbonyl (C=O) groups is 1. The number of nitrogens with one attached hydrogen (secondary N) is 1. The molecule has 0 aliphatic carbocycles. The number of amides is 1. The fraction of sp³-hybridized carbons (Fsp3) is 0.917. The zero-order valence-electron chi connectivity index (χ0n) is 10.5. The number of unbranched alkanes of at least 4 members (excludes halogenated alkanes) is 1. The molecule has 0 spiro atoms. The Labute approximate surface area is 98.4 Å². The molecular weight excluding hydrogens is 206 g/mol. The molecule has 0 heterocycles. The lowest BCUT2D eigenvalue weighted by molar-refractivity contribution is -0.121. The number of aliphatic hydroxyl groups is 1. The SMILES string of the molecule is CC(C)CCOCCNC(=O)CCCCO. The van der Waals surface area contributed by atoms with E-state index < -0.39 is 0 Å². The maximum absolute atomic E-state index is 11.2. The Bertz CT molecular complexity index is 172. The van der Waals surface area contributed by atoms with E-state index in [-0.39, 0.29) is 12.5 Å². The van der Waals surface area contributed by atoms with Crippen LogP contribution in [-0.2, 0) is 9.53 Å². The van der Waals surface area contributed by atoms with Crippen molar-refractivity contribution in [3.8, 4) is 0 Å². The zero-order valence-corrected chi connectivity index (χ0v) is 10.5. The zero-order chi connectivity index (χ0) is 12.2. The van der Waals surface area contributed by atoms with Gasteiger partial charge in [-0.3, -0.25) is 4.79 Å². The molecule has 2 N–H and O–H groups in total. The van der Waals surface area contributed by atoms with Gasteiger partial charge in [0, 0.05) is 26.2 Å². The van der Waals surface area contributed by atoms with Crippen LogP contribution in [0.3, 0.4) is 0 Å². The van der Waals surface area contributed by atoms with E-state index in [1.54, 1.807) is 0 Å². The van der Waals surface area contributed by atoms with Gasteiger partial charge in [-0.15, -0.1) is 0 Å². The monoisotopic (exact) mass is 231 g/mol. The lowest BCUT2D eigenvalue weighted by Gasteiger charge is -2.07. The number of aliphatic hydroxyl groups excluding tert-OH is 1. The summed E-state index contributed by atoms with van der Waals surface area (Å²) in [6, 6.07) is 0. The fourth-order valence-electron chi connectivity index (χ4n) is 1.17. The maximum Gasteiger partial charge on any atom is 0.220 e. The average Bonchev–Trinajstić information content (AvgIpc) is 2.23. The van der Waals surface area contributed by atoms with Crippen molar-refractivity contribution >= 4 is 5.91 Å². The smallest absolute Gasteiger partial charge is 0.220 e. The van der Waals surface area contributed by atoms with Crippen LogP contribution in [0.15, 0.2) is 0 Å². The van der Waals surface area contributed by atoms with E-state index in [9.17, 15) is 4.79 Å². The van der Waals surface area contributed by atoms with Gasteiger partial charge >= 0.3 is 0 Å². The number of carbonyl (C=O) groups excluding carboxylic acids is 1. The second-order valence-electron chi connectivity index (χ2n) is 4.33. The Morgan fingerprint density at radius 2 is 2.06 bits per heavy atom. The van der Waals surface area contributed by atoms with E-state index in [0.29, 0.717) is 31.9 Å². The van der Waals surface area contributed by atoms with Crippen molar-refractivity contribution in [1.29, 1.82) is 0 Å². The summed E-state index contributed by atoms with van der Waals surface area (Å²) in [4.78, 5) is 11.2. The van der Waals surface area contributed by atoms with E-state index in [4.69, 9.17) is 9.84 Å². The van der Waals surface area contributed by atoms with Crippen LogP contribution >= 0.6 is 0 Å². The number of ether oxygens (including phenoxy) is 1. The second-order valence-corrected chi connectivity index (χ2v) is 4.33. The van der Waals surface area contributed by atoms with Gasteiger partial charge in [-0.05, 0) is 25.2 Å². The Kier molecular flexibility index (Phi) is 10.5. The first-order valence-corrected chi connectivity index (χ1v) is 6.12. The number of hydrogen-bond acceptors (Lipinski definition) is 3. The van der Waals surface area contributed by atoms with Crippen LogP contribution < -0.4 is 5.32 Å². The van der Waals surface area contributed by atoms with Gasteiger partial charge in [0.1, 0.15) is 0 Å². The predicted octanol–water partition coefficient (Wildman–Crippen LogP) is 1.33. The molecule has 0 radical (unpaired) electrons. The van der Waals surface area contributed by atoms with Crippen molar-refractivity contribution in [2.75, 3.05) is 26.4 Å². The molecule has 4 heteroatoms. The molecule has 0 bridgehead atoms. The van der Waals surface area contributed by atoms with Crippen LogP contribution in [0.5, 0.6) is 0 Å².